The molecule has 4 fully saturated rings. The van der Waals surface area contributed by atoms with Gasteiger partial charge in [0, 0.05) is 32.3 Å². The van der Waals surface area contributed by atoms with E-state index in [2.05, 4.69) is 16.0 Å². The summed E-state index contributed by atoms with van der Waals surface area (Å²) >= 11 is 36.4. The van der Waals surface area contributed by atoms with Crippen molar-refractivity contribution in [3.63, 3.8) is 0 Å². The van der Waals surface area contributed by atoms with Gasteiger partial charge in [-0.2, -0.15) is 0 Å². The first-order chi connectivity index (χ1) is 44.7. The Morgan fingerprint density at radius 3 is 0.906 bits per heavy atom. The van der Waals surface area contributed by atoms with Crippen LogP contribution in [0.1, 0.15) is 91.4 Å². The van der Waals surface area contributed by atoms with Crippen LogP contribution in [0.25, 0.3) is 0 Å². The highest BCUT2D eigenvalue weighted by Gasteiger charge is 2.47. The second-order valence-electron chi connectivity index (χ2n) is 22.8. The van der Waals surface area contributed by atoms with Crippen molar-refractivity contribution in [1.29, 1.82) is 0 Å². The molecule has 4 heterocycles. The maximum Gasteiger partial charge on any atom is 0.257 e. The summed E-state index contributed by atoms with van der Waals surface area (Å²) in [5.41, 5.74) is -1.64. The predicted molar refractivity (Wildman–Crippen MR) is 333 cm³/mol. The predicted octanol–water partition coefficient (Wildman–Crippen LogP) is 3.13. The second-order valence-corrected chi connectivity index (χ2v) is 25.1. The molecule has 96 heavy (non-hydrogen) atoms. The van der Waals surface area contributed by atoms with Gasteiger partial charge in [-0.15, -0.1) is 0 Å². The fourth-order valence-corrected chi connectivity index (χ4v) is 12.0. The molecule has 4 saturated heterocycles. The Morgan fingerprint density at radius 2 is 0.625 bits per heavy atom. The number of amides is 4. The maximum absolute atomic E-state index is 13.9. The summed E-state index contributed by atoms with van der Waals surface area (Å²) in [5.74, 6) is -12.4. The van der Waals surface area contributed by atoms with Crippen LogP contribution in [0, 0.1) is 62.6 Å². The Labute approximate surface area is 574 Å². The van der Waals surface area contributed by atoms with Gasteiger partial charge in [0.15, 0.2) is 23.3 Å². The monoisotopic (exact) mass is 1490 g/mol. The van der Waals surface area contributed by atoms with E-state index in [9.17, 15) is 86.4 Å². The van der Waals surface area contributed by atoms with Gasteiger partial charge in [-0.1, -0.05) is 69.6 Å². The molecule has 24 nitrogen and oxygen atoms in total. The molecule has 0 radical (unpaired) electrons. The first-order valence-electron chi connectivity index (χ1n) is 29.0. The zero-order valence-corrected chi connectivity index (χ0v) is 56.4. The van der Waals surface area contributed by atoms with E-state index in [1.54, 1.807) is 34.6 Å². The molecule has 36 heteroatoms. The molecule has 4 aromatic rings. The molecule has 20 atom stereocenters. The average molecular weight is 1500 g/mol. The van der Waals surface area contributed by atoms with E-state index >= 15 is 0 Å². The van der Waals surface area contributed by atoms with Crippen molar-refractivity contribution in [3.8, 4) is 0 Å². The minimum absolute atomic E-state index is 0.0706. The topological polar surface area (TPSA) is 396 Å². The summed E-state index contributed by atoms with van der Waals surface area (Å²) < 4.78 is 103. The van der Waals surface area contributed by atoms with Crippen LogP contribution in [0.4, 0.5) is 26.3 Å². The van der Waals surface area contributed by atoms with Gasteiger partial charge in [-0.05, 0) is 90.8 Å². The number of rotatable bonds is 12. The zero-order chi connectivity index (χ0) is 72.7. The average Bonchev–Trinajstić information content (AvgIpc) is 0.796. The van der Waals surface area contributed by atoms with Crippen LogP contribution in [0.15, 0.2) is 24.3 Å². The number of carbonyl (C=O) groups is 4. The van der Waals surface area contributed by atoms with Gasteiger partial charge in [0.05, 0.1) is 101 Å². The lowest BCUT2D eigenvalue weighted by atomic mass is 9.93. The summed E-state index contributed by atoms with van der Waals surface area (Å²) in [4.78, 5) is 49.2. The van der Waals surface area contributed by atoms with Crippen molar-refractivity contribution in [2.75, 3.05) is 26.4 Å². The number of halogens is 12. The largest absolute Gasteiger partial charge is 0.394 e. The highest BCUT2D eigenvalue weighted by molar-refractivity contribution is 6.51. The number of hydrogen-bond acceptors (Lipinski definition) is 20. The smallest absolute Gasteiger partial charge is 0.257 e. The normalized spacial score (nSPS) is 30.2. The first kappa shape index (κ1) is 82.1. The van der Waals surface area contributed by atoms with E-state index in [1.807, 2.05) is 5.32 Å². The second kappa shape index (κ2) is 35.2. The lowest BCUT2D eigenvalue weighted by Gasteiger charge is -2.41. The molecule has 4 aliphatic rings. The van der Waals surface area contributed by atoms with Crippen LogP contribution in [-0.2, 0) is 18.9 Å². The Bertz CT molecular complexity index is 3130. The number of aliphatic hydroxyl groups is 12. The van der Waals surface area contributed by atoms with Gasteiger partial charge in [-0.3, -0.25) is 19.2 Å². The van der Waals surface area contributed by atoms with Gasteiger partial charge < -0.3 is 101 Å². The van der Waals surface area contributed by atoms with Gasteiger partial charge in [-0.25, -0.2) is 26.3 Å². The Kier molecular flexibility index (Phi) is 30.1. The lowest BCUT2D eigenvalue weighted by Crippen LogP contribution is -2.63. The molecule has 8 unspecified atom stereocenters. The van der Waals surface area contributed by atoms with Crippen molar-refractivity contribution in [2.24, 2.45) is 0 Å². The molecular weight excluding hydrogens is 1420 g/mol. The zero-order valence-electron chi connectivity index (χ0n) is 51.9. The van der Waals surface area contributed by atoms with Crippen molar-refractivity contribution < 1.29 is 126 Å². The summed E-state index contributed by atoms with van der Waals surface area (Å²) in [6.07, 6.45) is -18.2. The molecule has 0 aromatic heterocycles. The van der Waals surface area contributed by atoms with E-state index in [0.29, 0.717) is 21.2 Å². The molecule has 0 bridgehead atoms. The van der Waals surface area contributed by atoms with Crippen LogP contribution < -0.4 is 21.3 Å². The quantitative estimate of drug-likeness (QED) is 0.0715. The fraction of sp³-hybridized carbons (Fsp3) is 0.533. The molecular formula is C60H72Cl6F6N4O20. The lowest BCUT2D eigenvalue weighted by molar-refractivity contribution is -0.187. The minimum atomic E-state index is -1.87. The van der Waals surface area contributed by atoms with Crippen molar-refractivity contribution in [3.05, 3.63) is 134 Å². The van der Waals surface area contributed by atoms with Crippen LogP contribution in [0.5, 0.6) is 0 Å². The molecule has 0 aliphatic carbocycles. The van der Waals surface area contributed by atoms with Crippen LogP contribution in [0.2, 0.25) is 30.1 Å². The van der Waals surface area contributed by atoms with Crippen molar-refractivity contribution in [2.45, 2.75) is 177 Å². The van der Waals surface area contributed by atoms with Crippen molar-refractivity contribution in [1.82, 2.24) is 21.3 Å². The number of nitrogens with one attached hydrogen (secondary N) is 4. The van der Waals surface area contributed by atoms with Gasteiger partial charge >= 0.3 is 0 Å². The molecule has 8 rings (SSSR count). The third-order valence-electron chi connectivity index (χ3n) is 16.4. The standard InChI is InChI=1S/C15H17Cl4NO5.C15H19Cl2NO5.C15H17F4NO5.C15H19F2NO5/c1-4-8(16)10(18)7(11(19)9(4)17)15(24)20-12-5(2)25-6(3-21)13(22)14(12)23;1-6-9(16)3-8(4-10(6)17)15(22)18-12-7(2)23-11(5-19)13(20)14(12)21;1-4-8(16)10(18)7(11(19)9(4)17)15(24)20-12-5(2)25-6(3-21)13(22)14(12)23;1-6-9(16)3-8(4-10(6)17)15(22)18-12-7(2)23-11(5-19)13(20)14(12)21/h5-6,12-14,21-23H,3H2,1-2H3,(H,20,24);3-4,7,11-14,19-21H,5H2,1-2H3,(H,18,22);5-6,12-14,21-23H,3H2,1-2H3,(H,20,24);3-4,7,11-14,19-21H,5H2,1-2H3,(H,18,22)/t5-,6?,12?,13+,14-;7-,11?,12?,13+,14-;5-,6?,12?,13+,14-;7-,11?,12?,13+,14-/m1111/s1. The highest BCUT2D eigenvalue weighted by Crippen LogP contribution is 2.41. The molecule has 16 N–H and O–H groups in total. The van der Waals surface area contributed by atoms with E-state index in [4.69, 9.17) is 109 Å². The number of benzene rings is 4. The van der Waals surface area contributed by atoms with Gasteiger partial charge in [0.2, 0.25) is 0 Å². The van der Waals surface area contributed by atoms with E-state index in [1.165, 1.54) is 26.0 Å². The number of hydrogen-bond donors (Lipinski definition) is 16. The van der Waals surface area contributed by atoms with Gasteiger partial charge in [0.1, 0.15) is 90.4 Å². The maximum atomic E-state index is 13.9. The number of aliphatic hydroxyl groups excluding tert-OH is 12. The summed E-state index contributed by atoms with van der Waals surface area (Å²) in [6.45, 7) is 9.54. The van der Waals surface area contributed by atoms with Crippen molar-refractivity contribution >= 4 is 93.2 Å². The SMILES string of the molecule is Cc1c(Cl)c(Cl)c(C(=O)NC2[C@@H](O)[C@@H](O)C(CO)O[C@@H]2C)c(Cl)c1Cl.Cc1c(Cl)cc(C(=O)NC2[C@@H](O)[C@@H](O)C(CO)O[C@@H]2C)cc1Cl.Cc1c(F)c(F)c(C(=O)NC2[C@@H](O)[C@@H](O)C(CO)O[C@@H]2C)c(F)c1F.Cc1c(F)cc(C(=O)NC2[C@@H](O)[C@@H](O)C(CO)O[C@@H]2C)cc1F. The summed E-state index contributed by atoms with van der Waals surface area (Å²) in [6, 6.07) is 0.611. The van der Waals surface area contributed by atoms with Crippen LogP contribution in [0.3, 0.4) is 0 Å². The molecule has 0 spiro atoms. The molecule has 4 amide bonds. The van der Waals surface area contributed by atoms with E-state index in [-0.39, 0.29) is 42.3 Å². The van der Waals surface area contributed by atoms with Gasteiger partial charge in [0.25, 0.3) is 23.6 Å². The van der Waals surface area contributed by atoms with E-state index in [0.717, 1.165) is 19.1 Å². The first-order valence-corrected chi connectivity index (χ1v) is 31.3. The fourth-order valence-electron chi connectivity index (χ4n) is 10.4. The highest BCUT2D eigenvalue weighted by atomic mass is 35.5. The molecule has 4 aromatic carbocycles. The molecule has 4 aliphatic heterocycles. The minimum Gasteiger partial charge on any atom is -0.394 e. The summed E-state index contributed by atoms with van der Waals surface area (Å²) in [5, 5.41) is 127. The third kappa shape index (κ3) is 18.3. The summed E-state index contributed by atoms with van der Waals surface area (Å²) in [7, 11) is 0. The Hall–Kier alpha value is -4.56. The molecule has 536 valence electrons. The van der Waals surface area contributed by atoms with E-state index < -0.39 is 218 Å². The number of carbonyl (C=O) groups excluding carboxylic acids is 4. The van der Waals surface area contributed by atoms with Crippen LogP contribution >= 0.6 is 69.6 Å². The molecule has 0 saturated carbocycles. The Morgan fingerprint density at radius 1 is 0.365 bits per heavy atom. The van der Waals surface area contributed by atoms with Crippen LogP contribution in [-0.4, -0.2) is 233 Å². The third-order valence-corrected chi connectivity index (χ3v) is 19.1. The number of ether oxygens (including phenoxy) is 4. The Balaban J connectivity index is 0.000000232.